The van der Waals surface area contributed by atoms with E-state index in [4.69, 9.17) is 9.47 Å². The fourth-order valence-corrected chi connectivity index (χ4v) is 2.69. The van der Waals surface area contributed by atoms with Crippen LogP contribution in [0.2, 0.25) is 0 Å². The molecular weight excluding hydrogens is 330 g/mol. The molecule has 4 heteroatoms. The zero-order valence-electron chi connectivity index (χ0n) is 11.9. The van der Waals surface area contributed by atoms with E-state index in [1.54, 1.807) is 0 Å². The summed E-state index contributed by atoms with van der Waals surface area (Å²) in [5, 5.41) is 3.41. The molecule has 1 aliphatic heterocycles. The minimum atomic E-state index is 0.0268. The summed E-state index contributed by atoms with van der Waals surface area (Å²) >= 11 is 3.47. The molecule has 1 N–H and O–H groups in total. The molecule has 1 atom stereocenters. The first-order valence-electron chi connectivity index (χ1n) is 7.19. The van der Waals surface area contributed by atoms with Crippen LogP contribution in [0.15, 0.2) is 46.9 Å². The lowest BCUT2D eigenvalue weighted by Gasteiger charge is -2.28. The van der Waals surface area contributed by atoms with Crippen molar-refractivity contribution in [1.82, 2.24) is 0 Å². The van der Waals surface area contributed by atoms with Crippen LogP contribution >= 0.6 is 15.9 Å². The number of anilines is 1. The summed E-state index contributed by atoms with van der Waals surface area (Å²) in [5.41, 5.74) is 2.18. The van der Waals surface area contributed by atoms with Crippen molar-refractivity contribution in [2.75, 3.05) is 18.5 Å². The second-order valence-electron chi connectivity index (χ2n) is 5.05. The zero-order valence-corrected chi connectivity index (χ0v) is 13.5. The molecular formula is C17H18BrNO2. The molecule has 0 saturated carbocycles. The lowest BCUT2D eigenvalue weighted by molar-refractivity contribution is 0.210. The summed E-state index contributed by atoms with van der Waals surface area (Å²) in [6.07, 6.45) is 1.04. The van der Waals surface area contributed by atoms with E-state index in [1.807, 2.05) is 30.3 Å². The number of hydrogen-bond donors (Lipinski definition) is 1. The van der Waals surface area contributed by atoms with Crippen molar-refractivity contribution in [3.63, 3.8) is 0 Å². The molecule has 2 aromatic rings. The lowest BCUT2D eigenvalue weighted by Crippen LogP contribution is -2.23. The van der Waals surface area contributed by atoms with E-state index in [1.165, 1.54) is 0 Å². The first-order valence-corrected chi connectivity index (χ1v) is 7.98. The SMILES string of the molecule is CCCOc1ccc(C2CNc3cc(Br)ccc3O2)cc1. The van der Waals surface area contributed by atoms with Gasteiger partial charge in [-0.2, -0.15) is 0 Å². The van der Waals surface area contributed by atoms with Crippen molar-refractivity contribution in [2.24, 2.45) is 0 Å². The summed E-state index contributed by atoms with van der Waals surface area (Å²) in [6, 6.07) is 14.2. The summed E-state index contributed by atoms with van der Waals surface area (Å²) in [7, 11) is 0. The fourth-order valence-electron chi connectivity index (χ4n) is 2.33. The molecule has 0 aromatic heterocycles. The highest BCUT2D eigenvalue weighted by molar-refractivity contribution is 9.10. The molecule has 0 amide bonds. The molecule has 3 rings (SSSR count). The highest BCUT2D eigenvalue weighted by Gasteiger charge is 2.20. The number of rotatable bonds is 4. The highest BCUT2D eigenvalue weighted by atomic mass is 79.9. The van der Waals surface area contributed by atoms with Crippen LogP contribution in [0.3, 0.4) is 0 Å². The Hall–Kier alpha value is -1.68. The van der Waals surface area contributed by atoms with Gasteiger partial charge < -0.3 is 14.8 Å². The average Bonchev–Trinajstić information content (AvgIpc) is 2.53. The Morgan fingerprint density at radius 1 is 1.24 bits per heavy atom. The van der Waals surface area contributed by atoms with Gasteiger partial charge in [0.15, 0.2) is 0 Å². The molecule has 1 heterocycles. The van der Waals surface area contributed by atoms with E-state index in [9.17, 15) is 0 Å². The molecule has 0 radical (unpaired) electrons. The van der Waals surface area contributed by atoms with Gasteiger partial charge in [-0.25, -0.2) is 0 Å². The third-order valence-corrected chi connectivity index (χ3v) is 3.91. The Morgan fingerprint density at radius 2 is 2.05 bits per heavy atom. The monoisotopic (exact) mass is 347 g/mol. The van der Waals surface area contributed by atoms with E-state index < -0.39 is 0 Å². The van der Waals surface area contributed by atoms with E-state index in [-0.39, 0.29) is 6.10 Å². The number of ether oxygens (including phenoxy) is 2. The van der Waals surface area contributed by atoms with E-state index in [0.717, 1.165) is 46.8 Å². The third kappa shape index (κ3) is 3.32. The van der Waals surface area contributed by atoms with Crippen molar-refractivity contribution in [3.8, 4) is 11.5 Å². The second kappa shape index (κ2) is 6.39. The van der Waals surface area contributed by atoms with Gasteiger partial charge in [0.1, 0.15) is 17.6 Å². The topological polar surface area (TPSA) is 30.5 Å². The molecule has 21 heavy (non-hydrogen) atoms. The molecule has 1 unspecified atom stereocenters. The Labute approximate surface area is 133 Å². The Bertz CT molecular complexity index is 613. The van der Waals surface area contributed by atoms with Crippen molar-refractivity contribution >= 4 is 21.6 Å². The number of hydrogen-bond acceptors (Lipinski definition) is 3. The second-order valence-corrected chi connectivity index (χ2v) is 5.96. The number of nitrogens with one attached hydrogen (secondary N) is 1. The smallest absolute Gasteiger partial charge is 0.143 e. The average molecular weight is 348 g/mol. The number of halogens is 1. The molecule has 0 saturated heterocycles. The third-order valence-electron chi connectivity index (χ3n) is 3.41. The quantitative estimate of drug-likeness (QED) is 0.862. The van der Waals surface area contributed by atoms with Gasteiger partial charge in [0.25, 0.3) is 0 Å². The first-order chi connectivity index (χ1) is 10.3. The van der Waals surface area contributed by atoms with Gasteiger partial charge >= 0.3 is 0 Å². The van der Waals surface area contributed by atoms with Gasteiger partial charge in [-0.05, 0) is 42.3 Å². The maximum atomic E-state index is 6.07. The molecule has 3 nitrogen and oxygen atoms in total. The van der Waals surface area contributed by atoms with Crippen LogP contribution in [0, 0.1) is 0 Å². The molecule has 0 fully saturated rings. The van der Waals surface area contributed by atoms with Crippen LogP contribution in [-0.2, 0) is 0 Å². The van der Waals surface area contributed by atoms with Gasteiger partial charge in [0.05, 0.1) is 18.8 Å². The molecule has 0 spiro atoms. The Balaban J connectivity index is 1.72. The summed E-state index contributed by atoms with van der Waals surface area (Å²) in [6.45, 7) is 3.62. The predicted molar refractivity (Wildman–Crippen MR) is 88.2 cm³/mol. The van der Waals surface area contributed by atoms with Crippen molar-refractivity contribution in [1.29, 1.82) is 0 Å². The van der Waals surface area contributed by atoms with E-state index in [2.05, 4.69) is 40.3 Å². The normalized spacial score (nSPS) is 16.6. The standard InChI is InChI=1S/C17H18BrNO2/c1-2-9-20-14-6-3-12(4-7-14)17-11-19-15-10-13(18)5-8-16(15)21-17/h3-8,10,17,19H,2,9,11H2,1H3. The fraction of sp³-hybridized carbons (Fsp3) is 0.294. The number of benzene rings is 2. The van der Waals surface area contributed by atoms with E-state index >= 15 is 0 Å². The van der Waals surface area contributed by atoms with Crippen LogP contribution in [0.4, 0.5) is 5.69 Å². The maximum absolute atomic E-state index is 6.07. The summed E-state index contributed by atoms with van der Waals surface area (Å²) in [4.78, 5) is 0. The molecule has 2 aromatic carbocycles. The maximum Gasteiger partial charge on any atom is 0.143 e. The molecule has 1 aliphatic rings. The molecule has 110 valence electrons. The predicted octanol–water partition coefficient (Wildman–Crippen LogP) is 4.78. The first kappa shape index (κ1) is 14.3. The minimum absolute atomic E-state index is 0.0268. The summed E-state index contributed by atoms with van der Waals surface area (Å²) < 4.78 is 12.7. The molecule has 0 bridgehead atoms. The summed E-state index contributed by atoms with van der Waals surface area (Å²) in [5.74, 6) is 1.80. The number of fused-ring (bicyclic) bond motifs is 1. The van der Waals surface area contributed by atoms with Crippen LogP contribution in [-0.4, -0.2) is 13.2 Å². The Kier molecular flexibility index (Phi) is 4.34. The van der Waals surface area contributed by atoms with Crippen molar-refractivity contribution in [2.45, 2.75) is 19.4 Å². The molecule has 0 aliphatic carbocycles. The van der Waals surface area contributed by atoms with Crippen LogP contribution in [0.5, 0.6) is 11.5 Å². The van der Waals surface area contributed by atoms with Gasteiger partial charge in [-0.3, -0.25) is 0 Å². The highest BCUT2D eigenvalue weighted by Crippen LogP contribution is 2.36. The minimum Gasteiger partial charge on any atom is -0.494 e. The van der Waals surface area contributed by atoms with Gasteiger partial charge in [-0.1, -0.05) is 35.0 Å². The Morgan fingerprint density at radius 3 is 2.81 bits per heavy atom. The van der Waals surface area contributed by atoms with Crippen molar-refractivity contribution in [3.05, 3.63) is 52.5 Å². The van der Waals surface area contributed by atoms with Crippen LogP contribution in [0.1, 0.15) is 25.0 Å². The zero-order chi connectivity index (χ0) is 14.7. The van der Waals surface area contributed by atoms with Gasteiger partial charge in [0, 0.05) is 4.47 Å². The van der Waals surface area contributed by atoms with Crippen molar-refractivity contribution < 1.29 is 9.47 Å². The van der Waals surface area contributed by atoms with Crippen LogP contribution < -0.4 is 14.8 Å². The van der Waals surface area contributed by atoms with Gasteiger partial charge in [-0.15, -0.1) is 0 Å². The van der Waals surface area contributed by atoms with Crippen LogP contribution in [0.25, 0.3) is 0 Å². The largest absolute Gasteiger partial charge is 0.494 e. The lowest BCUT2D eigenvalue weighted by atomic mass is 10.1. The van der Waals surface area contributed by atoms with E-state index in [0.29, 0.717) is 0 Å². The van der Waals surface area contributed by atoms with Gasteiger partial charge in [0.2, 0.25) is 0 Å².